The van der Waals surface area contributed by atoms with Gasteiger partial charge in [-0.25, -0.2) is 0 Å². The number of ether oxygens (including phenoxy) is 2. The summed E-state index contributed by atoms with van der Waals surface area (Å²) in [6.45, 7) is 0.599. The van der Waals surface area contributed by atoms with Crippen LogP contribution in [0.5, 0.6) is 11.6 Å². The van der Waals surface area contributed by atoms with E-state index in [1.54, 1.807) is 0 Å². The zero-order chi connectivity index (χ0) is 17.5. The highest BCUT2D eigenvalue weighted by Crippen LogP contribution is 2.31. The Morgan fingerprint density at radius 3 is 2.62 bits per heavy atom. The number of sulfonamides is 1. The van der Waals surface area contributed by atoms with Crippen LogP contribution in [0.2, 0.25) is 0 Å². The molecule has 0 spiro atoms. The molecule has 2 aromatic heterocycles. The maximum absolute atomic E-state index is 12.7. The van der Waals surface area contributed by atoms with Crippen molar-refractivity contribution in [1.82, 2.24) is 14.8 Å². The Hall–Kier alpha value is -2.50. The number of aryl methyl sites for hydroxylation is 1. The first-order valence-electron chi connectivity index (χ1n) is 6.57. The number of fused-ring (bicyclic) bond motifs is 1. The quantitative estimate of drug-likeness (QED) is 0.885. The van der Waals surface area contributed by atoms with Gasteiger partial charge in [0.25, 0.3) is 15.9 Å². The van der Waals surface area contributed by atoms with Crippen molar-refractivity contribution in [2.45, 2.75) is 11.2 Å². The van der Waals surface area contributed by atoms with Crippen LogP contribution in [0.15, 0.2) is 23.2 Å². The topological polar surface area (TPSA) is 95.3 Å². The monoisotopic (exact) mass is 364 g/mol. The molecule has 0 aromatic carbocycles. The third-order valence-electron chi connectivity index (χ3n) is 3.05. The minimum Gasteiger partial charge on any atom is -0.484 e. The Kier molecular flexibility index (Phi) is 3.78. The van der Waals surface area contributed by atoms with Gasteiger partial charge in [0, 0.05) is 13.1 Å². The van der Waals surface area contributed by atoms with Gasteiger partial charge in [-0.2, -0.15) is 31.7 Å². The molecule has 2 aromatic rings. The van der Waals surface area contributed by atoms with Crippen molar-refractivity contribution >= 4 is 15.8 Å². The van der Waals surface area contributed by atoms with Crippen LogP contribution in [0.25, 0.3) is 0 Å². The average Bonchev–Trinajstić information content (AvgIpc) is 2.90. The Bertz CT molecular complexity index is 879. The molecule has 3 heterocycles. The summed E-state index contributed by atoms with van der Waals surface area (Å²) in [6, 6.07) is 3.20. The van der Waals surface area contributed by atoms with Gasteiger partial charge in [0.1, 0.15) is 19.0 Å². The van der Waals surface area contributed by atoms with Gasteiger partial charge in [-0.05, 0) is 12.1 Å². The Morgan fingerprint density at radius 1 is 1.25 bits per heavy atom. The summed E-state index contributed by atoms with van der Waals surface area (Å²) >= 11 is 0. The average molecular weight is 364 g/mol. The fourth-order valence-electron chi connectivity index (χ4n) is 2.02. The number of rotatable bonds is 3. The van der Waals surface area contributed by atoms with Crippen LogP contribution >= 0.6 is 0 Å². The highest BCUT2D eigenvalue weighted by Gasteiger charge is 2.36. The smallest absolute Gasteiger partial charge is 0.435 e. The normalized spacial score (nSPS) is 14.5. The van der Waals surface area contributed by atoms with E-state index in [1.165, 1.54) is 12.1 Å². The predicted molar refractivity (Wildman–Crippen MR) is 74.2 cm³/mol. The van der Waals surface area contributed by atoms with Gasteiger partial charge in [-0.1, -0.05) is 0 Å². The van der Waals surface area contributed by atoms with E-state index >= 15 is 0 Å². The first-order valence-corrected chi connectivity index (χ1v) is 8.06. The fourth-order valence-corrected chi connectivity index (χ4v) is 3.17. The van der Waals surface area contributed by atoms with Gasteiger partial charge < -0.3 is 9.47 Å². The highest BCUT2D eigenvalue weighted by molar-refractivity contribution is 7.92. The lowest BCUT2D eigenvalue weighted by Crippen LogP contribution is -2.19. The van der Waals surface area contributed by atoms with E-state index in [0.717, 1.165) is 7.05 Å². The third-order valence-corrected chi connectivity index (χ3v) is 4.46. The van der Waals surface area contributed by atoms with Crippen LogP contribution < -0.4 is 14.2 Å². The van der Waals surface area contributed by atoms with Gasteiger partial charge in [-0.15, -0.1) is 0 Å². The van der Waals surface area contributed by atoms with Crippen LogP contribution in [0, 0.1) is 0 Å². The summed E-state index contributed by atoms with van der Waals surface area (Å²) in [5, 5.41) is 2.52. The molecular formula is C12H11F3N4O4S. The second kappa shape index (κ2) is 5.54. The summed E-state index contributed by atoms with van der Waals surface area (Å²) in [5.41, 5.74) is -1.31. The number of aromatic nitrogens is 3. The van der Waals surface area contributed by atoms with Gasteiger partial charge in [0.2, 0.25) is 0 Å². The van der Waals surface area contributed by atoms with E-state index in [2.05, 4.69) is 14.8 Å². The minimum atomic E-state index is -4.75. The maximum Gasteiger partial charge on any atom is 0.435 e. The highest BCUT2D eigenvalue weighted by atomic mass is 32.2. The summed E-state index contributed by atoms with van der Waals surface area (Å²) in [4.78, 5) is 3.92. The molecule has 8 nitrogen and oxygen atoms in total. The van der Waals surface area contributed by atoms with Gasteiger partial charge in [-0.3, -0.25) is 9.40 Å². The number of halogens is 3. The van der Waals surface area contributed by atoms with Crippen molar-refractivity contribution in [2.24, 2.45) is 7.05 Å². The zero-order valence-electron chi connectivity index (χ0n) is 12.2. The van der Waals surface area contributed by atoms with E-state index in [0.29, 0.717) is 23.1 Å². The van der Waals surface area contributed by atoms with Crippen LogP contribution in [0.4, 0.5) is 19.0 Å². The molecular weight excluding hydrogens is 353 g/mol. The number of alkyl halides is 3. The van der Waals surface area contributed by atoms with E-state index in [1.807, 2.05) is 0 Å². The van der Waals surface area contributed by atoms with Gasteiger partial charge in [0.05, 0.1) is 0 Å². The lowest BCUT2D eigenvalue weighted by molar-refractivity contribution is -0.141. The maximum atomic E-state index is 12.7. The molecule has 0 fully saturated rings. The van der Waals surface area contributed by atoms with Gasteiger partial charge >= 0.3 is 6.18 Å². The lowest BCUT2D eigenvalue weighted by atomic mass is 10.4. The molecule has 0 saturated heterocycles. The molecule has 130 valence electrons. The Morgan fingerprint density at radius 2 is 1.96 bits per heavy atom. The summed E-state index contributed by atoms with van der Waals surface area (Å²) in [5.74, 6) is 0.334. The lowest BCUT2D eigenvalue weighted by Gasteiger charge is -2.17. The summed E-state index contributed by atoms with van der Waals surface area (Å²) < 4.78 is 75.7. The number of hydrogen-bond acceptors (Lipinski definition) is 6. The molecule has 0 unspecified atom stereocenters. The molecule has 0 aliphatic carbocycles. The van der Waals surface area contributed by atoms with Crippen LogP contribution in [-0.4, -0.2) is 36.4 Å². The predicted octanol–water partition coefficient (Wildman–Crippen LogP) is 1.41. The molecule has 0 saturated carbocycles. The zero-order valence-corrected chi connectivity index (χ0v) is 13.0. The number of pyridine rings is 1. The molecule has 0 bridgehead atoms. The molecule has 1 aliphatic rings. The Labute approximate surface area is 134 Å². The Balaban J connectivity index is 1.90. The number of anilines is 1. The van der Waals surface area contributed by atoms with Crippen LogP contribution in [0.3, 0.4) is 0 Å². The van der Waals surface area contributed by atoms with Crippen molar-refractivity contribution in [1.29, 1.82) is 0 Å². The molecule has 3 rings (SSSR count). The standard InChI is InChI=1S/C12H11F3N4O4S/c1-19-10(6-8(17-19)12(13,14)15)24(20,21)18-9-3-2-7-11(16-9)23-5-4-22-7/h2-3,6H,4-5H2,1H3,(H,16,18). The van der Waals surface area contributed by atoms with Crippen molar-refractivity contribution in [3.63, 3.8) is 0 Å². The first kappa shape index (κ1) is 16.4. The second-order valence-corrected chi connectivity index (χ2v) is 6.42. The minimum absolute atomic E-state index is 0.0995. The largest absolute Gasteiger partial charge is 0.484 e. The van der Waals surface area contributed by atoms with E-state index in [4.69, 9.17) is 9.47 Å². The van der Waals surface area contributed by atoms with Gasteiger partial charge in [0.15, 0.2) is 16.5 Å². The molecule has 0 atom stereocenters. The molecule has 24 heavy (non-hydrogen) atoms. The fraction of sp³-hybridized carbons (Fsp3) is 0.333. The van der Waals surface area contributed by atoms with E-state index < -0.39 is 26.9 Å². The molecule has 0 amide bonds. The van der Waals surface area contributed by atoms with Crippen LogP contribution in [0.1, 0.15) is 5.69 Å². The van der Waals surface area contributed by atoms with E-state index in [9.17, 15) is 21.6 Å². The second-order valence-electron chi connectivity index (χ2n) is 4.79. The molecule has 0 radical (unpaired) electrons. The number of nitrogens with one attached hydrogen (secondary N) is 1. The molecule has 1 N–H and O–H groups in total. The van der Waals surface area contributed by atoms with Crippen molar-refractivity contribution in [3.05, 3.63) is 23.9 Å². The van der Waals surface area contributed by atoms with Crippen LogP contribution in [-0.2, 0) is 23.2 Å². The van der Waals surface area contributed by atoms with Crippen molar-refractivity contribution < 1.29 is 31.1 Å². The van der Waals surface area contributed by atoms with Crippen molar-refractivity contribution in [3.8, 4) is 11.6 Å². The van der Waals surface area contributed by atoms with E-state index in [-0.39, 0.29) is 18.3 Å². The first-order chi connectivity index (χ1) is 11.2. The summed E-state index contributed by atoms with van der Waals surface area (Å²) in [6.07, 6.45) is -4.75. The summed E-state index contributed by atoms with van der Waals surface area (Å²) in [7, 11) is -3.22. The number of hydrogen-bond donors (Lipinski definition) is 1. The molecule has 1 aliphatic heterocycles. The third kappa shape index (κ3) is 3.09. The molecule has 12 heteroatoms. The number of nitrogens with zero attached hydrogens (tertiary/aromatic N) is 3. The SMILES string of the molecule is Cn1nc(C(F)(F)F)cc1S(=O)(=O)Nc1ccc2c(n1)OCCO2. The van der Waals surface area contributed by atoms with Crippen molar-refractivity contribution in [2.75, 3.05) is 17.9 Å².